The molecule has 1 unspecified atom stereocenters. The minimum absolute atomic E-state index is 0.0978. The van der Waals surface area contributed by atoms with Crippen LogP contribution in [0.1, 0.15) is 5.56 Å². The van der Waals surface area contributed by atoms with Crippen molar-refractivity contribution in [2.45, 2.75) is 17.1 Å². The van der Waals surface area contributed by atoms with E-state index in [9.17, 15) is 8.42 Å². The van der Waals surface area contributed by atoms with Crippen LogP contribution in [0, 0.1) is 17.7 Å². The highest BCUT2D eigenvalue weighted by Crippen LogP contribution is 2.19. The van der Waals surface area contributed by atoms with Gasteiger partial charge in [0, 0.05) is 6.20 Å². The highest BCUT2D eigenvalue weighted by molar-refractivity contribution is 7.93. The van der Waals surface area contributed by atoms with E-state index in [4.69, 9.17) is 10.8 Å². The molecule has 18 heavy (non-hydrogen) atoms. The Morgan fingerprint density at radius 3 is 2.33 bits per heavy atom. The quantitative estimate of drug-likeness (QED) is 0.749. The van der Waals surface area contributed by atoms with Gasteiger partial charge in [0.1, 0.15) is 5.84 Å². The zero-order valence-corrected chi connectivity index (χ0v) is 10.6. The molecule has 0 amide bonds. The second-order valence-electron chi connectivity index (χ2n) is 4.08. The summed E-state index contributed by atoms with van der Waals surface area (Å²) in [7, 11) is -3.74. The van der Waals surface area contributed by atoms with Gasteiger partial charge in [0.05, 0.1) is 10.6 Å². The summed E-state index contributed by atoms with van der Waals surface area (Å²) >= 11 is 0. The Morgan fingerprint density at radius 1 is 1.17 bits per heavy atom. The van der Waals surface area contributed by atoms with Gasteiger partial charge in [0.25, 0.3) is 0 Å². The van der Waals surface area contributed by atoms with Crippen LogP contribution in [-0.2, 0) is 9.84 Å². The first-order chi connectivity index (χ1) is 8.43. The van der Waals surface area contributed by atoms with Crippen molar-refractivity contribution >= 4 is 21.4 Å². The van der Waals surface area contributed by atoms with E-state index in [0.29, 0.717) is 0 Å². The van der Waals surface area contributed by atoms with Gasteiger partial charge in [-0.25, -0.2) is 8.42 Å². The zero-order valence-electron chi connectivity index (χ0n) is 9.77. The minimum atomic E-state index is -3.74. The lowest BCUT2D eigenvalue weighted by Gasteiger charge is -2.21. The molecule has 2 rings (SSSR count). The van der Waals surface area contributed by atoms with Crippen LogP contribution in [0.4, 0.5) is 0 Å². The number of benzene rings is 1. The minimum Gasteiger partial charge on any atom is -0.349 e. The van der Waals surface area contributed by atoms with Gasteiger partial charge in [0.15, 0.2) is 15.1 Å². The lowest BCUT2D eigenvalue weighted by molar-refractivity contribution is 0.596. The Hall–Kier alpha value is -1.95. The molecule has 1 aromatic rings. The van der Waals surface area contributed by atoms with E-state index in [1.54, 1.807) is 12.1 Å². The normalized spacial score (nSPS) is 19.7. The van der Waals surface area contributed by atoms with Crippen LogP contribution in [-0.4, -0.2) is 25.2 Å². The van der Waals surface area contributed by atoms with Crippen molar-refractivity contribution in [1.82, 2.24) is 5.32 Å². The lowest BCUT2D eigenvalue weighted by atomic mass is 10.2. The summed E-state index contributed by atoms with van der Waals surface area (Å²) in [5.41, 5.74) is 0.861. The smallest absolute Gasteiger partial charge is 0.194 e. The Bertz CT molecular complexity index is 630. The number of nitrogens with one attached hydrogen (secondary N) is 3. The van der Waals surface area contributed by atoms with E-state index >= 15 is 0 Å². The second kappa shape index (κ2) is 4.38. The number of hydrogen-bond acceptors (Lipinski definition) is 4. The van der Waals surface area contributed by atoms with Crippen LogP contribution >= 0.6 is 0 Å². The molecule has 1 atom stereocenters. The predicted octanol–water partition coefficient (Wildman–Crippen LogP) is 1.25. The third-order valence-electron chi connectivity index (χ3n) is 2.71. The fourth-order valence-corrected chi connectivity index (χ4v) is 3.30. The van der Waals surface area contributed by atoms with E-state index in [1.165, 1.54) is 24.4 Å². The van der Waals surface area contributed by atoms with Crippen molar-refractivity contribution in [2.24, 2.45) is 0 Å². The van der Waals surface area contributed by atoms with Crippen molar-refractivity contribution in [1.29, 1.82) is 10.8 Å². The van der Waals surface area contributed by atoms with Crippen LogP contribution in [0.3, 0.4) is 0 Å². The molecule has 0 spiro atoms. The first-order valence-electron chi connectivity index (χ1n) is 5.33. The Labute approximate surface area is 105 Å². The summed E-state index contributed by atoms with van der Waals surface area (Å²) in [4.78, 5) is 0.129. The highest BCUT2D eigenvalue weighted by Gasteiger charge is 2.35. The summed E-state index contributed by atoms with van der Waals surface area (Å²) in [5.74, 6) is -0.192. The number of hydrogen-bond donors (Lipinski definition) is 3. The van der Waals surface area contributed by atoms with Crippen molar-refractivity contribution in [2.75, 3.05) is 0 Å². The van der Waals surface area contributed by atoms with E-state index < -0.39 is 15.1 Å². The standard InChI is InChI=1S/C12H13N3O2S/c1-8-2-4-9(5-3-8)18(16,17)11-10(13)6-7-15-12(11)14/h2-7,11,13H,1H3,(H2,14,15). The summed E-state index contributed by atoms with van der Waals surface area (Å²) in [5, 5.41) is 16.6. The summed E-state index contributed by atoms with van der Waals surface area (Å²) in [6.45, 7) is 1.87. The summed E-state index contributed by atoms with van der Waals surface area (Å²) in [6.07, 6.45) is 2.75. The van der Waals surface area contributed by atoms with Gasteiger partial charge in [-0.2, -0.15) is 0 Å². The molecule has 0 aromatic heterocycles. The number of aryl methyl sites for hydroxylation is 1. The molecule has 1 aliphatic heterocycles. The molecule has 5 nitrogen and oxygen atoms in total. The van der Waals surface area contributed by atoms with Crippen molar-refractivity contribution in [3.63, 3.8) is 0 Å². The third-order valence-corrected chi connectivity index (χ3v) is 4.75. The molecule has 0 bridgehead atoms. The number of allylic oxidation sites excluding steroid dienone is 1. The summed E-state index contributed by atoms with van der Waals surface area (Å²) in [6, 6.07) is 6.41. The van der Waals surface area contributed by atoms with Gasteiger partial charge in [-0.05, 0) is 25.1 Å². The molecule has 0 fully saturated rings. The first kappa shape index (κ1) is 12.5. The largest absolute Gasteiger partial charge is 0.349 e. The first-order valence-corrected chi connectivity index (χ1v) is 6.88. The SMILES string of the molecule is Cc1ccc(S(=O)(=O)C2C(=N)C=CNC2=N)cc1. The molecule has 1 aliphatic rings. The molecule has 1 aromatic carbocycles. The maximum atomic E-state index is 12.4. The van der Waals surface area contributed by atoms with Gasteiger partial charge in [-0.1, -0.05) is 17.7 Å². The average Bonchev–Trinajstić information content (AvgIpc) is 2.29. The monoisotopic (exact) mass is 263 g/mol. The lowest BCUT2D eigenvalue weighted by Crippen LogP contribution is -2.45. The zero-order chi connectivity index (χ0) is 13.3. The van der Waals surface area contributed by atoms with Crippen molar-refractivity contribution in [3.8, 4) is 0 Å². The van der Waals surface area contributed by atoms with Crippen molar-refractivity contribution in [3.05, 3.63) is 42.1 Å². The van der Waals surface area contributed by atoms with Crippen LogP contribution in [0.15, 0.2) is 41.4 Å². The van der Waals surface area contributed by atoms with E-state index in [2.05, 4.69) is 5.32 Å². The molecule has 0 aliphatic carbocycles. The van der Waals surface area contributed by atoms with Gasteiger partial charge >= 0.3 is 0 Å². The number of rotatable bonds is 2. The molecule has 6 heteroatoms. The van der Waals surface area contributed by atoms with Crippen LogP contribution < -0.4 is 5.32 Å². The predicted molar refractivity (Wildman–Crippen MR) is 69.9 cm³/mol. The molecular formula is C12H13N3O2S. The van der Waals surface area contributed by atoms with E-state index in [1.807, 2.05) is 6.92 Å². The fraction of sp³-hybridized carbons (Fsp3) is 0.167. The Morgan fingerprint density at radius 2 is 1.78 bits per heavy atom. The van der Waals surface area contributed by atoms with Gasteiger partial charge in [-0.15, -0.1) is 0 Å². The summed E-state index contributed by atoms with van der Waals surface area (Å²) < 4.78 is 24.7. The van der Waals surface area contributed by atoms with Crippen LogP contribution in [0.25, 0.3) is 0 Å². The molecule has 0 saturated carbocycles. The maximum Gasteiger partial charge on any atom is 0.194 e. The molecule has 94 valence electrons. The third kappa shape index (κ3) is 2.06. The molecule has 1 heterocycles. The maximum absolute atomic E-state index is 12.4. The molecule has 3 N–H and O–H groups in total. The average molecular weight is 263 g/mol. The van der Waals surface area contributed by atoms with Crippen LogP contribution in [0.2, 0.25) is 0 Å². The molecule has 0 radical (unpaired) electrons. The van der Waals surface area contributed by atoms with Crippen LogP contribution in [0.5, 0.6) is 0 Å². The van der Waals surface area contributed by atoms with Gasteiger partial charge in [-0.3, -0.25) is 5.41 Å². The topological polar surface area (TPSA) is 93.9 Å². The Balaban J connectivity index is 2.48. The fourth-order valence-electron chi connectivity index (χ4n) is 1.73. The number of amidine groups is 1. The second-order valence-corrected chi connectivity index (χ2v) is 6.12. The molecule has 0 saturated heterocycles. The van der Waals surface area contributed by atoms with Gasteiger partial charge < -0.3 is 10.7 Å². The van der Waals surface area contributed by atoms with E-state index in [0.717, 1.165) is 5.56 Å². The van der Waals surface area contributed by atoms with E-state index in [-0.39, 0.29) is 16.4 Å². The molecular weight excluding hydrogens is 250 g/mol. The highest BCUT2D eigenvalue weighted by atomic mass is 32.2. The number of sulfone groups is 1. The van der Waals surface area contributed by atoms with Crippen molar-refractivity contribution < 1.29 is 8.42 Å². The Kier molecular flexibility index (Phi) is 3.04. The van der Waals surface area contributed by atoms with Gasteiger partial charge in [0.2, 0.25) is 0 Å².